The van der Waals surface area contributed by atoms with E-state index in [2.05, 4.69) is 33.0 Å². The maximum atomic E-state index is 5.70. The normalized spacial score (nSPS) is 17.1. The van der Waals surface area contributed by atoms with Crippen molar-refractivity contribution in [3.8, 4) is 0 Å². The minimum Gasteiger partial charge on any atom is -0.379 e. The topological polar surface area (TPSA) is 21.3 Å². The van der Waals surface area contributed by atoms with E-state index in [4.69, 9.17) is 4.74 Å². The fourth-order valence-electron chi connectivity index (χ4n) is 2.10. The van der Waals surface area contributed by atoms with Crippen LogP contribution in [-0.4, -0.2) is 25.3 Å². The Balaban J connectivity index is 2.29. The number of ether oxygens (including phenoxy) is 1. The van der Waals surface area contributed by atoms with E-state index >= 15 is 0 Å². The molecule has 2 nitrogen and oxygen atoms in total. The number of hydrogen-bond acceptors (Lipinski definition) is 2. The maximum Gasteiger partial charge on any atom is 0.0518 e. The Morgan fingerprint density at radius 2 is 1.88 bits per heavy atom. The summed E-state index contributed by atoms with van der Waals surface area (Å²) < 4.78 is 5.70. The third kappa shape index (κ3) is 4.84. The Kier molecular flexibility index (Phi) is 5.77. The van der Waals surface area contributed by atoms with E-state index in [0.717, 1.165) is 12.6 Å². The van der Waals surface area contributed by atoms with Gasteiger partial charge in [0.1, 0.15) is 0 Å². The minimum absolute atomic E-state index is 0.364. The largest absolute Gasteiger partial charge is 0.379 e. The highest BCUT2D eigenvalue weighted by atomic mass is 16.5. The van der Waals surface area contributed by atoms with Gasteiger partial charge in [-0.15, -0.1) is 0 Å². The summed E-state index contributed by atoms with van der Waals surface area (Å²) in [5.74, 6) is 0. The predicted octanol–water partition coefficient (Wildman–Crippen LogP) is 3.36. The molecule has 0 aromatic heterocycles. The molecule has 0 heterocycles. The highest BCUT2D eigenvalue weighted by Gasteiger charge is 2.29. The second kappa shape index (κ2) is 6.61. The lowest BCUT2D eigenvalue weighted by atomic mass is 9.79. The van der Waals surface area contributed by atoms with Crippen molar-refractivity contribution in [2.75, 3.05) is 13.2 Å². The van der Waals surface area contributed by atoms with E-state index in [-0.39, 0.29) is 0 Å². The first-order valence-corrected chi connectivity index (χ1v) is 6.97. The van der Waals surface area contributed by atoms with Gasteiger partial charge in [-0.05, 0) is 51.4 Å². The molecule has 96 valence electrons. The number of nitrogens with one attached hydrogen (secondary N) is 1. The predicted molar refractivity (Wildman–Crippen MR) is 69.7 cm³/mol. The van der Waals surface area contributed by atoms with Crippen LogP contribution in [0.3, 0.4) is 0 Å². The average Bonchev–Trinajstić information content (AvgIpc) is 3.07. The summed E-state index contributed by atoms with van der Waals surface area (Å²) in [4.78, 5) is 0. The molecule has 0 aromatic carbocycles. The maximum absolute atomic E-state index is 5.70. The van der Waals surface area contributed by atoms with Crippen LogP contribution in [0.5, 0.6) is 0 Å². The zero-order valence-corrected chi connectivity index (χ0v) is 11.5. The molecule has 1 aliphatic rings. The SMILES string of the molecule is CCC(CC)(CCOC(C)C)CNC1CC1. The van der Waals surface area contributed by atoms with Gasteiger partial charge in [-0.3, -0.25) is 0 Å². The fraction of sp³-hybridized carbons (Fsp3) is 1.00. The fourth-order valence-corrected chi connectivity index (χ4v) is 2.10. The van der Waals surface area contributed by atoms with Crippen molar-refractivity contribution in [2.24, 2.45) is 5.41 Å². The molecule has 0 aliphatic heterocycles. The van der Waals surface area contributed by atoms with Crippen LogP contribution in [0.1, 0.15) is 59.8 Å². The van der Waals surface area contributed by atoms with Crippen molar-refractivity contribution >= 4 is 0 Å². The van der Waals surface area contributed by atoms with Crippen LogP contribution in [-0.2, 0) is 4.74 Å². The van der Waals surface area contributed by atoms with Crippen molar-refractivity contribution in [3.63, 3.8) is 0 Å². The number of rotatable bonds is 9. The summed E-state index contributed by atoms with van der Waals surface area (Å²) in [5.41, 5.74) is 0.456. The second-order valence-corrected chi connectivity index (χ2v) is 5.53. The van der Waals surface area contributed by atoms with Gasteiger partial charge in [0.25, 0.3) is 0 Å². The highest BCUT2D eigenvalue weighted by molar-refractivity contribution is 4.86. The third-order valence-corrected chi connectivity index (χ3v) is 3.93. The first kappa shape index (κ1) is 14.0. The Bertz CT molecular complexity index is 183. The molecule has 0 amide bonds. The number of hydrogen-bond donors (Lipinski definition) is 1. The monoisotopic (exact) mass is 227 g/mol. The van der Waals surface area contributed by atoms with Crippen molar-refractivity contribution < 1.29 is 4.74 Å². The lowest BCUT2D eigenvalue weighted by molar-refractivity contribution is 0.0476. The molecule has 1 aliphatic carbocycles. The van der Waals surface area contributed by atoms with Crippen LogP contribution >= 0.6 is 0 Å². The average molecular weight is 227 g/mol. The Labute approximate surface area is 101 Å². The Morgan fingerprint density at radius 1 is 1.25 bits per heavy atom. The zero-order valence-electron chi connectivity index (χ0n) is 11.5. The molecule has 1 saturated carbocycles. The highest BCUT2D eigenvalue weighted by Crippen LogP contribution is 2.31. The quantitative estimate of drug-likeness (QED) is 0.652. The van der Waals surface area contributed by atoms with Gasteiger partial charge in [0.05, 0.1) is 6.10 Å². The third-order valence-electron chi connectivity index (χ3n) is 3.93. The summed E-state index contributed by atoms with van der Waals surface area (Å²) >= 11 is 0. The van der Waals surface area contributed by atoms with Gasteiger partial charge >= 0.3 is 0 Å². The van der Waals surface area contributed by atoms with Crippen LogP contribution < -0.4 is 5.32 Å². The second-order valence-electron chi connectivity index (χ2n) is 5.53. The first-order valence-electron chi connectivity index (χ1n) is 6.97. The molecule has 0 aromatic rings. The molecule has 0 atom stereocenters. The van der Waals surface area contributed by atoms with Gasteiger partial charge in [0.2, 0.25) is 0 Å². The van der Waals surface area contributed by atoms with Crippen molar-refractivity contribution in [3.05, 3.63) is 0 Å². The van der Waals surface area contributed by atoms with Crippen LogP contribution in [0.2, 0.25) is 0 Å². The van der Waals surface area contributed by atoms with E-state index in [1.807, 2.05) is 0 Å². The molecule has 0 radical (unpaired) electrons. The van der Waals surface area contributed by atoms with Crippen LogP contribution in [0, 0.1) is 5.41 Å². The smallest absolute Gasteiger partial charge is 0.0518 e. The molecule has 0 saturated heterocycles. The Hall–Kier alpha value is -0.0800. The van der Waals surface area contributed by atoms with Gasteiger partial charge in [-0.1, -0.05) is 13.8 Å². The summed E-state index contributed by atoms with van der Waals surface area (Å²) in [6.07, 6.45) is 6.83. The van der Waals surface area contributed by atoms with Gasteiger partial charge in [0.15, 0.2) is 0 Å². The molecular weight excluding hydrogens is 198 g/mol. The van der Waals surface area contributed by atoms with Crippen molar-refractivity contribution in [1.29, 1.82) is 0 Å². The molecule has 0 bridgehead atoms. The molecule has 1 N–H and O–H groups in total. The summed E-state index contributed by atoms with van der Waals surface area (Å²) in [6, 6.07) is 0.823. The van der Waals surface area contributed by atoms with Gasteiger partial charge < -0.3 is 10.1 Å². The lowest BCUT2D eigenvalue weighted by Gasteiger charge is -2.32. The molecular formula is C14H29NO. The standard InChI is InChI=1S/C14H29NO/c1-5-14(6-2,9-10-16-12(3)4)11-15-13-7-8-13/h12-13,15H,5-11H2,1-4H3. The molecule has 1 rings (SSSR count). The van der Waals surface area contributed by atoms with E-state index in [0.29, 0.717) is 11.5 Å². The van der Waals surface area contributed by atoms with E-state index in [1.165, 1.54) is 38.6 Å². The van der Waals surface area contributed by atoms with E-state index in [1.54, 1.807) is 0 Å². The molecule has 1 fully saturated rings. The van der Waals surface area contributed by atoms with Gasteiger partial charge in [-0.25, -0.2) is 0 Å². The molecule has 0 spiro atoms. The van der Waals surface area contributed by atoms with E-state index < -0.39 is 0 Å². The zero-order chi connectivity index (χ0) is 12.0. The van der Waals surface area contributed by atoms with Crippen molar-refractivity contribution in [1.82, 2.24) is 5.32 Å². The van der Waals surface area contributed by atoms with Crippen LogP contribution in [0.15, 0.2) is 0 Å². The molecule has 16 heavy (non-hydrogen) atoms. The van der Waals surface area contributed by atoms with Crippen LogP contribution in [0.4, 0.5) is 0 Å². The first-order chi connectivity index (χ1) is 7.62. The van der Waals surface area contributed by atoms with E-state index in [9.17, 15) is 0 Å². The minimum atomic E-state index is 0.364. The summed E-state index contributed by atoms with van der Waals surface area (Å²) in [7, 11) is 0. The summed E-state index contributed by atoms with van der Waals surface area (Å²) in [6.45, 7) is 10.9. The lowest BCUT2D eigenvalue weighted by Crippen LogP contribution is -2.35. The van der Waals surface area contributed by atoms with Crippen LogP contribution in [0.25, 0.3) is 0 Å². The van der Waals surface area contributed by atoms with Gasteiger partial charge in [0, 0.05) is 19.2 Å². The van der Waals surface area contributed by atoms with Gasteiger partial charge in [-0.2, -0.15) is 0 Å². The molecule has 2 heteroatoms. The Morgan fingerprint density at radius 3 is 2.31 bits per heavy atom. The van der Waals surface area contributed by atoms with Crippen molar-refractivity contribution in [2.45, 2.75) is 71.9 Å². The summed E-state index contributed by atoms with van der Waals surface area (Å²) in [5, 5.41) is 3.68. The molecule has 0 unspecified atom stereocenters.